The van der Waals surface area contributed by atoms with E-state index in [0.29, 0.717) is 24.9 Å². The summed E-state index contributed by atoms with van der Waals surface area (Å²) in [6, 6.07) is 2.97. The molecule has 3 rings (SSSR count). The average molecular weight is 245 g/mol. The van der Waals surface area contributed by atoms with Gasteiger partial charge in [0.25, 0.3) is 11.8 Å². The van der Waals surface area contributed by atoms with Crippen LogP contribution in [0.1, 0.15) is 33.7 Å². The summed E-state index contributed by atoms with van der Waals surface area (Å²) >= 11 is 0. The lowest BCUT2D eigenvalue weighted by Gasteiger charge is -2.29. The molecule has 0 aliphatic carbocycles. The van der Waals surface area contributed by atoms with Crippen LogP contribution in [0.3, 0.4) is 0 Å². The van der Waals surface area contributed by atoms with Crippen molar-refractivity contribution in [2.24, 2.45) is 0 Å². The summed E-state index contributed by atoms with van der Waals surface area (Å²) < 4.78 is 0. The van der Waals surface area contributed by atoms with E-state index in [9.17, 15) is 14.4 Å². The fraction of sp³-hybridized carbons (Fsp3) is 0.333. The number of piperidine rings is 1. The second-order valence-corrected chi connectivity index (χ2v) is 4.38. The van der Waals surface area contributed by atoms with Crippen molar-refractivity contribution in [1.29, 1.82) is 0 Å². The molecule has 0 radical (unpaired) electrons. The Kier molecular flexibility index (Phi) is 2.36. The first-order chi connectivity index (χ1) is 8.68. The third-order valence-electron chi connectivity index (χ3n) is 3.28. The van der Waals surface area contributed by atoms with Gasteiger partial charge in [0.1, 0.15) is 5.69 Å². The maximum absolute atomic E-state index is 12.1. The van der Waals surface area contributed by atoms with E-state index in [1.165, 1.54) is 11.1 Å². The molecular weight excluding hydrogens is 234 g/mol. The van der Waals surface area contributed by atoms with E-state index in [1.54, 1.807) is 12.1 Å². The second-order valence-electron chi connectivity index (χ2n) is 4.38. The Morgan fingerprint density at radius 1 is 1.28 bits per heavy atom. The van der Waals surface area contributed by atoms with Gasteiger partial charge < -0.3 is 5.32 Å². The molecule has 92 valence electrons. The monoisotopic (exact) mass is 245 g/mol. The van der Waals surface area contributed by atoms with Gasteiger partial charge in [0.2, 0.25) is 5.91 Å². The Labute approximate surface area is 103 Å². The van der Waals surface area contributed by atoms with E-state index < -0.39 is 0 Å². The third kappa shape index (κ3) is 1.49. The standard InChI is InChI=1S/C12H11N3O3/c16-9-4-3-7(6-14-9)15-11(17)8-2-1-5-13-10(8)12(15)18/h1-2,5,7H,3-4,6H2,(H,14,16). The molecule has 6 heteroatoms. The number of nitrogens with zero attached hydrogens (tertiary/aromatic N) is 2. The number of carbonyl (C=O) groups excluding carboxylic acids is 3. The van der Waals surface area contributed by atoms with E-state index in [0.717, 1.165) is 0 Å². The first-order valence-corrected chi connectivity index (χ1v) is 5.78. The van der Waals surface area contributed by atoms with Crippen LogP contribution in [0.25, 0.3) is 0 Å². The summed E-state index contributed by atoms with van der Waals surface area (Å²) in [7, 11) is 0. The highest BCUT2D eigenvalue weighted by molar-refractivity contribution is 6.20. The summed E-state index contributed by atoms with van der Waals surface area (Å²) in [5.74, 6) is -0.720. The highest BCUT2D eigenvalue weighted by Crippen LogP contribution is 2.25. The first kappa shape index (κ1) is 10.9. The predicted molar refractivity (Wildman–Crippen MR) is 60.8 cm³/mol. The van der Waals surface area contributed by atoms with Gasteiger partial charge in [-0.15, -0.1) is 0 Å². The Bertz CT molecular complexity index is 510. The maximum Gasteiger partial charge on any atom is 0.280 e. The summed E-state index contributed by atoms with van der Waals surface area (Å²) in [6.45, 7) is 0.324. The number of amides is 3. The van der Waals surface area contributed by atoms with Crippen LogP contribution in [-0.2, 0) is 4.79 Å². The van der Waals surface area contributed by atoms with Crippen LogP contribution in [0.15, 0.2) is 18.3 Å². The molecule has 2 aliphatic heterocycles. The van der Waals surface area contributed by atoms with Gasteiger partial charge >= 0.3 is 0 Å². The molecule has 1 aromatic heterocycles. The molecule has 2 aliphatic rings. The zero-order valence-corrected chi connectivity index (χ0v) is 9.55. The number of nitrogens with one attached hydrogen (secondary N) is 1. The number of fused-ring (bicyclic) bond motifs is 1. The van der Waals surface area contributed by atoms with Gasteiger partial charge in [-0.2, -0.15) is 0 Å². The van der Waals surface area contributed by atoms with Gasteiger partial charge in [-0.25, -0.2) is 0 Å². The molecule has 1 atom stereocenters. The number of carbonyl (C=O) groups is 3. The third-order valence-corrected chi connectivity index (χ3v) is 3.28. The average Bonchev–Trinajstić information content (AvgIpc) is 2.64. The molecule has 6 nitrogen and oxygen atoms in total. The lowest BCUT2D eigenvalue weighted by molar-refractivity contribution is -0.123. The van der Waals surface area contributed by atoms with E-state index in [2.05, 4.69) is 10.3 Å². The number of aromatic nitrogens is 1. The van der Waals surface area contributed by atoms with Crippen molar-refractivity contribution < 1.29 is 14.4 Å². The SMILES string of the molecule is O=C1CCC(N2C(=O)c3cccnc3C2=O)CN1. The summed E-state index contributed by atoms with van der Waals surface area (Å²) in [4.78, 5) is 40.5. The van der Waals surface area contributed by atoms with Crippen molar-refractivity contribution in [3.63, 3.8) is 0 Å². The molecule has 18 heavy (non-hydrogen) atoms. The Balaban J connectivity index is 1.90. The Morgan fingerprint density at radius 3 is 2.78 bits per heavy atom. The molecule has 1 fully saturated rings. The number of hydrogen-bond acceptors (Lipinski definition) is 4. The van der Waals surface area contributed by atoms with Gasteiger partial charge in [0.05, 0.1) is 11.6 Å². The minimum Gasteiger partial charge on any atom is -0.354 e. The van der Waals surface area contributed by atoms with Crippen molar-refractivity contribution in [3.8, 4) is 0 Å². The maximum atomic E-state index is 12.1. The topological polar surface area (TPSA) is 79.4 Å². The Morgan fingerprint density at radius 2 is 2.11 bits per heavy atom. The Hall–Kier alpha value is -2.24. The van der Waals surface area contributed by atoms with Crippen LogP contribution in [0.2, 0.25) is 0 Å². The molecule has 1 unspecified atom stereocenters. The van der Waals surface area contributed by atoms with Crippen LogP contribution in [0.4, 0.5) is 0 Å². The molecule has 0 aromatic carbocycles. The lowest BCUT2D eigenvalue weighted by Crippen LogP contribution is -2.50. The van der Waals surface area contributed by atoms with Crippen molar-refractivity contribution in [2.45, 2.75) is 18.9 Å². The smallest absolute Gasteiger partial charge is 0.280 e. The van der Waals surface area contributed by atoms with Crippen molar-refractivity contribution >= 4 is 17.7 Å². The van der Waals surface area contributed by atoms with Gasteiger partial charge in [-0.1, -0.05) is 0 Å². The second kappa shape index (κ2) is 3.90. The molecule has 0 saturated carbocycles. The van der Waals surface area contributed by atoms with E-state index in [1.807, 2.05) is 0 Å². The van der Waals surface area contributed by atoms with Crippen LogP contribution >= 0.6 is 0 Å². The zero-order valence-electron chi connectivity index (χ0n) is 9.55. The number of pyridine rings is 1. The van der Waals surface area contributed by atoms with Crippen LogP contribution in [-0.4, -0.2) is 40.2 Å². The summed E-state index contributed by atoms with van der Waals surface area (Å²) in [5.41, 5.74) is 0.554. The molecule has 0 bridgehead atoms. The van der Waals surface area contributed by atoms with Gasteiger partial charge in [-0.05, 0) is 18.6 Å². The summed E-state index contributed by atoms with van der Waals surface area (Å²) in [6.07, 6.45) is 2.35. The molecule has 1 N–H and O–H groups in total. The van der Waals surface area contributed by atoms with Gasteiger partial charge in [-0.3, -0.25) is 24.3 Å². The van der Waals surface area contributed by atoms with E-state index in [4.69, 9.17) is 0 Å². The fourth-order valence-corrected chi connectivity index (χ4v) is 2.36. The number of imide groups is 1. The highest BCUT2D eigenvalue weighted by atomic mass is 16.2. The number of rotatable bonds is 1. The van der Waals surface area contributed by atoms with Crippen molar-refractivity contribution in [3.05, 3.63) is 29.6 Å². The van der Waals surface area contributed by atoms with E-state index >= 15 is 0 Å². The molecular formula is C12H11N3O3. The molecule has 3 amide bonds. The quantitative estimate of drug-likeness (QED) is 0.704. The zero-order chi connectivity index (χ0) is 12.7. The minimum absolute atomic E-state index is 0.0408. The normalized spacial score (nSPS) is 23.0. The van der Waals surface area contributed by atoms with Gasteiger partial charge in [0.15, 0.2) is 0 Å². The van der Waals surface area contributed by atoms with Crippen LogP contribution < -0.4 is 5.32 Å². The van der Waals surface area contributed by atoms with Gasteiger partial charge in [0, 0.05) is 19.2 Å². The number of hydrogen-bond donors (Lipinski definition) is 1. The highest BCUT2D eigenvalue weighted by Gasteiger charge is 2.41. The predicted octanol–water partition coefficient (Wildman–Crippen LogP) is -0.0438. The van der Waals surface area contributed by atoms with E-state index in [-0.39, 0.29) is 29.5 Å². The molecule has 0 spiro atoms. The molecule has 3 heterocycles. The minimum atomic E-state index is -0.364. The summed E-state index contributed by atoms with van der Waals surface area (Å²) in [5, 5.41) is 2.67. The van der Waals surface area contributed by atoms with Crippen LogP contribution in [0, 0.1) is 0 Å². The van der Waals surface area contributed by atoms with Crippen molar-refractivity contribution in [1.82, 2.24) is 15.2 Å². The van der Waals surface area contributed by atoms with Crippen molar-refractivity contribution in [2.75, 3.05) is 6.54 Å². The molecule has 1 aromatic rings. The largest absolute Gasteiger partial charge is 0.354 e. The first-order valence-electron chi connectivity index (χ1n) is 5.78. The fourth-order valence-electron chi connectivity index (χ4n) is 2.36. The lowest BCUT2D eigenvalue weighted by atomic mass is 10.1. The van der Waals surface area contributed by atoms with Crippen LogP contribution in [0.5, 0.6) is 0 Å². The molecule has 1 saturated heterocycles.